The van der Waals surface area contributed by atoms with E-state index in [1.807, 2.05) is 0 Å². The molecule has 0 amide bonds. The van der Waals surface area contributed by atoms with Gasteiger partial charge in [0.25, 0.3) is 0 Å². The quantitative estimate of drug-likeness (QED) is 0.0222. The topological polar surface area (TPSA) is 237 Å². The number of ether oxygens (including phenoxy) is 4. The van der Waals surface area contributed by atoms with Gasteiger partial charge in [0.2, 0.25) is 0 Å². The summed E-state index contributed by atoms with van der Waals surface area (Å²) < 4.78 is 67.9. The van der Waals surface area contributed by atoms with E-state index in [0.717, 1.165) is 115 Å². The van der Waals surface area contributed by atoms with E-state index < -0.39 is 97.5 Å². The summed E-state index contributed by atoms with van der Waals surface area (Å²) in [6.07, 6.45) is 31.0. The predicted octanol–water partition coefficient (Wildman–Crippen LogP) is 16.6. The highest BCUT2D eigenvalue weighted by Crippen LogP contribution is 2.45. The molecule has 0 bridgehead atoms. The zero-order chi connectivity index (χ0) is 60.4. The molecule has 3 unspecified atom stereocenters. The molecule has 0 rings (SSSR count). The van der Waals surface area contributed by atoms with E-state index in [1.54, 1.807) is 0 Å². The highest BCUT2D eigenvalue weighted by molar-refractivity contribution is 7.47. The fourth-order valence-electron chi connectivity index (χ4n) is 9.04. The van der Waals surface area contributed by atoms with E-state index in [-0.39, 0.29) is 25.7 Å². The number of unbranched alkanes of at least 4 members (excludes halogenated alkanes) is 24. The fraction of sp³-hybridized carbons (Fsp3) is 0.935. The second kappa shape index (κ2) is 52.4. The lowest BCUT2D eigenvalue weighted by Gasteiger charge is -2.21. The van der Waals surface area contributed by atoms with Crippen molar-refractivity contribution in [2.24, 2.45) is 23.7 Å². The Bertz CT molecular complexity index is 1630. The average molecular weight is 1200 g/mol. The molecule has 0 fully saturated rings. The number of carbonyl (C=O) groups is 4. The summed E-state index contributed by atoms with van der Waals surface area (Å²) in [5, 5.41) is 10.5. The lowest BCUT2D eigenvalue weighted by atomic mass is 10.00. The minimum absolute atomic E-state index is 0.102. The Morgan fingerprint density at radius 1 is 0.346 bits per heavy atom. The Balaban J connectivity index is 5.26. The van der Waals surface area contributed by atoms with Crippen LogP contribution in [-0.2, 0) is 65.4 Å². The van der Waals surface area contributed by atoms with Gasteiger partial charge in [-0.1, -0.05) is 242 Å². The summed E-state index contributed by atoms with van der Waals surface area (Å²) in [6, 6.07) is 0. The first-order valence-corrected chi connectivity index (χ1v) is 35.2. The van der Waals surface area contributed by atoms with Gasteiger partial charge in [0.15, 0.2) is 12.2 Å². The van der Waals surface area contributed by atoms with Crippen LogP contribution in [0.5, 0.6) is 0 Å². The number of rotatable bonds is 59. The molecule has 0 radical (unpaired) electrons. The molecule has 0 aromatic heterocycles. The number of phosphoric acid groups is 2. The van der Waals surface area contributed by atoms with Crippen molar-refractivity contribution in [2.75, 3.05) is 39.6 Å². The molecule has 81 heavy (non-hydrogen) atoms. The van der Waals surface area contributed by atoms with Gasteiger partial charge >= 0.3 is 39.5 Å². The van der Waals surface area contributed by atoms with Crippen molar-refractivity contribution >= 4 is 39.5 Å². The third kappa shape index (κ3) is 55.7. The summed E-state index contributed by atoms with van der Waals surface area (Å²) in [7, 11) is -9.88. The zero-order valence-corrected chi connectivity index (χ0v) is 54.2. The highest BCUT2D eigenvalue weighted by Gasteiger charge is 2.30. The average Bonchev–Trinajstić information content (AvgIpc) is 3.41. The third-order valence-electron chi connectivity index (χ3n) is 14.4. The second-order valence-electron chi connectivity index (χ2n) is 24.1. The Hall–Kier alpha value is -1.94. The maximum Gasteiger partial charge on any atom is 0.472 e. The van der Waals surface area contributed by atoms with Gasteiger partial charge in [-0.05, 0) is 49.4 Å². The molecule has 19 heteroatoms. The highest BCUT2D eigenvalue weighted by atomic mass is 31.2. The molecule has 0 saturated heterocycles. The van der Waals surface area contributed by atoms with Gasteiger partial charge in [-0.15, -0.1) is 0 Å². The lowest BCUT2D eigenvalue weighted by molar-refractivity contribution is -0.161. The molecule has 0 aliphatic rings. The predicted molar refractivity (Wildman–Crippen MR) is 321 cm³/mol. The molecule has 6 atom stereocenters. The minimum Gasteiger partial charge on any atom is -0.462 e. The standard InChI is InChI=1S/C62H120O17P2/c1-9-55(8)41-33-25-19-21-27-35-43-60(65)73-49-57(78-61(66)44-36-28-16-12-10-11-14-22-30-38-52(2)3)50-76-80(68,69)74-46-56(63)47-75-81(70,71)77-51-58(48-72-59(64)42-34-26-20-18-24-32-40-54(6)7)79-62(67)45-37-29-17-13-15-23-31-39-53(4)5/h52-58,63H,9-51H2,1-8H3,(H,68,69)(H,70,71)/t55?,56-,57-,58-/m1/s1. The molecule has 0 saturated carbocycles. The van der Waals surface area contributed by atoms with Crippen LogP contribution in [0.1, 0.15) is 293 Å². The van der Waals surface area contributed by atoms with Crippen molar-refractivity contribution < 1.29 is 80.2 Å². The number of aliphatic hydroxyl groups excluding tert-OH is 1. The zero-order valence-electron chi connectivity index (χ0n) is 52.4. The SMILES string of the molecule is CCC(C)CCCCCCCCC(=O)OC[C@H](COP(=O)(O)OC[C@@H](O)COP(=O)(O)OC[C@@H](COC(=O)CCCCCCCCC(C)C)OC(=O)CCCCCCCCCC(C)C)OC(=O)CCCCCCCCCCCC(C)C. The largest absolute Gasteiger partial charge is 0.472 e. The first kappa shape index (κ1) is 79.1. The van der Waals surface area contributed by atoms with Gasteiger partial charge in [0.1, 0.15) is 19.3 Å². The molecule has 0 spiro atoms. The van der Waals surface area contributed by atoms with E-state index in [9.17, 15) is 43.2 Å². The van der Waals surface area contributed by atoms with Gasteiger partial charge < -0.3 is 33.8 Å². The van der Waals surface area contributed by atoms with Crippen molar-refractivity contribution in [3.05, 3.63) is 0 Å². The van der Waals surface area contributed by atoms with Crippen LogP contribution >= 0.6 is 15.6 Å². The molecular formula is C62H120O17P2. The number of hydrogen-bond donors (Lipinski definition) is 3. The summed E-state index contributed by atoms with van der Waals surface area (Å²) in [4.78, 5) is 72.1. The second-order valence-corrected chi connectivity index (χ2v) is 27.0. The number of hydrogen-bond acceptors (Lipinski definition) is 15. The maximum atomic E-state index is 12.9. The van der Waals surface area contributed by atoms with Crippen molar-refractivity contribution in [3.63, 3.8) is 0 Å². The van der Waals surface area contributed by atoms with E-state index in [0.29, 0.717) is 37.5 Å². The molecule has 0 aromatic carbocycles. The lowest BCUT2D eigenvalue weighted by Crippen LogP contribution is -2.30. The fourth-order valence-corrected chi connectivity index (χ4v) is 10.6. The first-order chi connectivity index (χ1) is 38.6. The molecular weight excluding hydrogens is 1080 g/mol. The monoisotopic (exact) mass is 1200 g/mol. The van der Waals surface area contributed by atoms with E-state index >= 15 is 0 Å². The van der Waals surface area contributed by atoms with E-state index in [4.69, 9.17) is 37.0 Å². The Morgan fingerprint density at radius 2 is 0.593 bits per heavy atom. The Labute approximate surface area is 492 Å². The van der Waals surface area contributed by atoms with Crippen molar-refractivity contribution in [3.8, 4) is 0 Å². The maximum absolute atomic E-state index is 12.9. The summed E-state index contributed by atoms with van der Waals surface area (Å²) in [5.41, 5.74) is 0. The molecule has 480 valence electrons. The number of phosphoric ester groups is 2. The third-order valence-corrected chi connectivity index (χ3v) is 16.3. The smallest absolute Gasteiger partial charge is 0.462 e. The number of carbonyl (C=O) groups excluding carboxylic acids is 4. The van der Waals surface area contributed by atoms with Crippen LogP contribution < -0.4 is 0 Å². The summed E-state index contributed by atoms with van der Waals surface area (Å²) in [6.45, 7) is 13.9. The van der Waals surface area contributed by atoms with Gasteiger partial charge in [-0.3, -0.25) is 37.3 Å². The normalized spacial score (nSPS) is 14.8. The molecule has 0 aromatic rings. The van der Waals surface area contributed by atoms with Crippen molar-refractivity contribution in [2.45, 2.75) is 311 Å². The first-order valence-electron chi connectivity index (χ1n) is 32.2. The van der Waals surface area contributed by atoms with Crippen LogP contribution in [0.3, 0.4) is 0 Å². The molecule has 17 nitrogen and oxygen atoms in total. The van der Waals surface area contributed by atoms with Crippen LogP contribution in [0, 0.1) is 23.7 Å². The van der Waals surface area contributed by atoms with E-state index in [2.05, 4.69) is 55.4 Å². The van der Waals surface area contributed by atoms with Crippen LogP contribution in [0.15, 0.2) is 0 Å². The summed E-state index contributed by atoms with van der Waals surface area (Å²) in [5.74, 6) is 0.696. The van der Waals surface area contributed by atoms with Crippen LogP contribution in [-0.4, -0.2) is 96.7 Å². The number of esters is 4. The van der Waals surface area contributed by atoms with Gasteiger partial charge in [0, 0.05) is 25.7 Å². The van der Waals surface area contributed by atoms with Crippen LogP contribution in [0.4, 0.5) is 0 Å². The number of aliphatic hydroxyl groups is 1. The van der Waals surface area contributed by atoms with Crippen molar-refractivity contribution in [1.29, 1.82) is 0 Å². The molecule has 0 heterocycles. The van der Waals surface area contributed by atoms with Crippen LogP contribution in [0.25, 0.3) is 0 Å². The van der Waals surface area contributed by atoms with Crippen molar-refractivity contribution in [1.82, 2.24) is 0 Å². The van der Waals surface area contributed by atoms with Gasteiger partial charge in [-0.25, -0.2) is 9.13 Å². The molecule has 3 N–H and O–H groups in total. The van der Waals surface area contributed by atoms with E-state index in [1.165, 1.54) is 83.5 Å². The minimum atomic E-state index is -4.94. The Kier molecular flexibility index (Phi) is 51.1. The van der Waals surface area contributed by atoms with Crippen LogP contribution in [0.2, 0.25) is 0 Å². The summed E-state index contributed by atoms with van der Waals surface area (Å²) >= 11 is 0. The molecule has 0 aliphatic heterocycles. The van der Waals surface area contributed by atoms with Gasteiger partial charge in [-0.2, -0.15) is 0 Å². The molecule has 0 aliphatic carbocycles. The Morgan fingerprint density at radius 3 is 0.877 bits per heavy atom. The van der Waals surface area contributed by atoms with Gasteiger partial charge in [0.05, 0.1) is 26.4 Å².